The summed E-state index contributed by atoms with van der Waals surface area (Å²) in [5.74, 6) is 0.680. The van der Waals surface area contributed by atoms with Crippen LogP contribution in [-0.4, -0.2) is 47.3 Å². The van der Waals surface area contributed by atoms with E-state index in [2.05, 4.69) is 10.6 Å². The van der Waals surface area contributed by atoms with Crippen molar-refractivity contribution in [2.45, 2.75) is 62.4 Å². The molecule has 3 N–H and O–H groups in total. The zero-order chi connectivity index (χ0) is 13.8. The minimum Gasteiger partial charge on any atom is -0.395 e. The van der Waals surface area contributed by atoms with Crippen LogP contribution in [0.4, 0.5) is 0 Å². The average molecular weight is 286 g/mol. The Morgan fingerprint density at radius 2 is 2.05 bits per heavy atom. The Hall–Kier alpha value is -0.260. The van der Waals surface area contributed by atoms with Crippen molar-refractivity contribution in [3.05, 3.63) is 0 Å². The second kappa shape index (κ2) is 6.95. The maximum atomic E-state index is 12.1. The SMILES string of the molecule is CSC(CO)C(C)NC(=O)CC1CC2CCC(C1)N2. The van der Waals surface area contributed by atoms with Gasteiger partial charge in [-0.1, -0.05) is 0 Å². The van der Waals surface area contributed by atoms with Crippen LogP contribution in [0, 0.1) is 5.92 Å². The van der Waals surface area contributed by atoms with Gasteiger partial charge >= 0.3 is 0 Å². The standard InChI is InChI=1S/C14H26N2O2S/c1-9(13(8-17)19-2)15-14(18)7-10-5-11-3-4-12(6-10)16-11/h9-13,16-17H,3-8H2,1-2H3,(H,15,18). The molecule has 4 atom stereocenters. The number of piperidine rings is 1. The van der Waals surface area contributed by atoms with Crippen molar-refractivity contribution in [2.24, 2.45) is 5.92 Å². The van der Waals surface area contributed by atoms with E-state index in [0.29, 0.717) is 24.4 Å². The number of fused-ring (bicyclic) bond motifs is 2. The molecule has 2 aliphatic heterocycles. The van der Waals surface area contributed by atoms with E-state index in [1.807, 2.05) is 13.2 Å². The van der Waals surface area contributed by atoms with Gasteiger partial charge in [0.25, 0.3) is 0 Å². The molecule has 2 saturated heterocycles. The van der Waals surface area contributed by atoms with Gasteiger partial charge in [0.05, 0.1) is 6.61 Å². The Balaban J connectivity index is 1.75. The van der Waals surface area contributed by atoms with Gasteiger partial charge in [-0.05, 0) is 44.8 Å². The van der Waals surface area contributed by atoms with Gasteiger partial charge in [0, 0.05) is 29.8 Å². The maximum absolute atomic E-state index is 12.1. The summed E-state index contributed by atoms with van der Waals surface area (Å²) >= 11 is 1.60. The molecule has 0 radical (unpaired) electrons. The van der Waals surface area contributed by atoms with Gasteiger partial charge in [-0.15, -0.1) is 0 Å². The van der Waals surface area contributed by atoms with E-state index in [9.17, 15) is 9.90 Å². The molecule has 0 spiro atoms. The fraction of sp³-hybridized carbons (Fsp3) is 0.929. The van der Waals surface area contributed by atoms with Crippen molar-refractivity contribution >= 4 is 17.7 Å². The summed E-state index contributed by atoms with van der Waals surface area (Å²) in [6.07, 6.45) is 7.45. The van der Waals surface area contributed by atoms with E-state index in [1.165, 1.54) is 12.8 Å². The van der Waals surface area contributed by atoms with Gasteiger partial charge in [0.1, 0.15) is 0 Å². The molecule has 0 aromatic carbocycles. The summed E-state index contributed by atoms with van der Waals surface area (Å²) in [5.41, 5.74) is 0. The van der Waals surface area contributed by atoms with Crippen LogP contribution in [0.3, 0.4) is 0 Å². The minimum atomic E-state index is 0.0333. The molecule has 2 aliphatic rings. The number of rotatable bonds is 6. The summed E-state index contributed by atoms with van der Waals surface area (Å²) in [5, 5.41) is 16.0. The Bertz CT molecular complexity index is 298. The molecule has 0 aromatic heterocycles. The third-order valence-corrected chi connectivity index (χ3v) is 5.64. The fourth-order valence-electron chi connectivity index (χ4n) is 3.45. The van der Waals surface area contributed by atoms with Crippen LogP contribution in [-0.2, 0) is 4.79 Å². The maximum Gasteiger partial charge on any atom is 0.220 e. The van der Waals surface area contributed by atoms with Gasteiger partial charge in [0.2, 0.25) is 5.91 Å². The van der Waals surface area contributed by atoms with E-state index in [0.717, 1.165) is 12.8 Å². The van der Waals surface area contributed by atoms with E-state index >= 15 is 0 Å². The van der Waals surface area contributed by atoms with Crippen LogP contribution in [0.15, 0.2) is 0 Å². The van der Waals surface area contributed by atoms with Crippen molar-refractivity contribution in [3.8, 4) is 0 Å². The second-order valence-electron chi connectivity index (χ2n) is 5.99. The third-order valence-electron chi connectivity index (χ3n) is 4.47. The summed E-state index contributed by atoms with van der Waals surface area (Å²) in [4.78, 5) is 12.1. The summed E-state index contributed by atoms with van der Waals surface area (Å²) < 4.78 is 0. The topological polar surface area (TPSA) is 61.4 Å². The number of aliphatic hydroxyl groups is 1. The molecule has 4 unspecified atom stereocenters. The monoisotopic (exact) mass is 286 g/mol. The third kappa shape index (κ3) is 4.10. The quantitative estimate of drug-likeness (QED) is 0.685. The van der Waals surface area contributed by atoms with Gasteiger partial charge in [-0.25, -0.2) is 0 Å². The van der Waals surface area contributed by atoms with E-state index in [1.54, 1.807) is 11.8 Å². The van der Waals surface area contributed by atoms with Gasteiger partial charge in [-0.2, -0.15) is 11.8 Å². The lowest BCUT2D eigenvalue weighted by Gasteiger charge is -2.29. The van der Waals surface area contributed by atoms with E-state index < -0.39 is 0 Å². The Morgan fingerprint density at radius 1 is 1.42 bits per heavy atom. The van der Waals surface area contributed by atoms with Crippen molar-refractivity contribution in [1.29, 1.82) is 0 Å². The number of hydrogen-bond donors (Lipinski definition) is 3. The molecule has 2 heterocycles. The lowest BCUT2D eigenvalue weighted by molar-refractivity contribution is -0.122. The number of amides is 1. The van der Waals surface area contributed by atoms with Crippen molar-refractivity contribution < 1.29 is 9.90 Å². The first-order chi connectivity index (χ1) is 9.12. The van der Waals surface area contributed by atoms with Crippen LogP contribution in [0.2, 0.25) is 0 Å². The van der Waals surface area contributed by atoms with E-state index in [4.69, 9.17) is 0 Å². The second-order valence-corrected chi connectivity index (χ2v) is 7.07. The van der Waals surface area contributed by atoms with Crippen molar-refractivity contribution in [1.82, 2.24) is 10.6 Å². The molecular formula is C14H26N2O2S. The Labute approximate surface area is 120 Å². The van der Waals surface area contributed by atoms with Gasteiger partial charge in [0.15, 0.2) is 0 Å². The molecule has 1 amide bonds. The predicted molar refractivity (Wildman–Crippen MR) is 79.3 cm³/mol. The highest BCUT2D eigenvalue weighted by atomic mass is 32.2. The summed E-state index contributed by atoms with van der Waals surface area (Å²) in [6.45, 7) is 2.08. The minimum absolute atomic E-state index is 0.0333. The molecule has 110 valence electrons. The van der Waals surface area contributed by atoms with E-state index in [-0.39, 0.29) is 23.8 Å². The van der Waals surface area contributed by atoms with Crippen LogP contribution in [0.25, 0.3) is 0 Å². The number of carbonyl (C=O) groups is 1. The molecule has 2 fully saturated rings. The first kappa shape index (κ1) is 15.1. The number of hydrogen-bond acceptors (Lipinski definition) is 4. The van der Waals surface area contributed by atoms with Crippen LogP contribution in [0.5, 0.6) is 0 Å². The molecule has 2 bridgehead atoms. The number of nitrogens with one attached hydrogen (secondary N) is 2. The van der Waals surface area contributed by atoms with Crippen LogP contribution >= 0.6 is 11.8 Å². The largest absolute Gasteiger partial charge is 0.395 e. The first-order valence-electron chi connectivity index (χ1n) is 7.31. The van der Waals surface area contributed by atoms with Crippen LogP contribution < -0.4 is 10.6 Å². The number of thioether (sulfide) groups is 1. The van der Waals surface area contributed by atoms with Crippen molar-refractivity contribution in [2.75, 3.05) is 12.9 Å². The Morgan fingerprint density at radius 3 is 2.58 bits per heavy atom. The zero-order valence-electron chi connectivity index (χ0n) is 11.9. The number of carbonyl (C=O) groups excluding carboxylic acids is 1. The number of aliphatic hydroxyl groups excluding tert-OH is 1. The normalized spacial score (nSPS) is 32.9. The average Bonchev–Trinajstić information content (AvgIpc) is 2.70. The predicted octanol–water partition coefficient (Wildman–Crippen LogP) is 1.14. The highest BCUT2D eigenvalue weighted by Gasteiger charge is 2.34. The Kier molecular flexibility index (Phi) is 5.54. The lowest BCUT2D eigenvalue weighted by Crippen LogP contribution is -2.43. The molecule has 0 saturated carbocycles. The highest BCUT2D eigenvalue weighted by molar-refractivity contribution is 7.99. The smallest absolute Gasteiger partial charge is 0.220 e. The molecule has 2 rings (SSSR count). The van der Waals surface area contributed by atoms with Gasteiger partial charge in [-0.3, -0.25) is 4.79 Å². The van der Waals surface area contributed by atoms with Crippen molar-refractivity contribution in [3.63, 3.8) is 0 Å². The molecule has 0 aromatic rings. The fourth-order valence-corrected chi connectivity index (χ4v) is 4.07. The molecule has 4 nitrogen and oxygen atoms in total. The molecule has 0 aliphatic carbocycles. The highest BCUT2D eigenvalue weighted by Crippen LogP contribution is 2.32. The molecule has 5 heteroatoms. The molecule has 19 heavy (non-hydrogen) atoms. The van der Waals surface area contributed by atoms with Crippen LogP contribution in [0.1, 0.15) is 39.0 Å². The lowest BCUT2D eigenvalue weighted by atomic mass is 9.89. The zero-order valence-corrected chi connectivity index (χ0v) is 12.7. The summed E-state index contributed by atoms with van der Waals surface area (Å²) in [6, 6.07) is 1.32. The summed E-state index contributed by atoms with van der Waals surface area (Å²) in [7, 11) is 0. The first-order valence-corrected chi connectivity index (χ1v) is 8.60. The molecular weight excluding hydrogens is 260 g/mol. The van der Waals surface area contributed by atoms with Gasteiger partial charge < -0.3 is 15.7 Å².